The average molecular weight is 260 g/mol. The van der Waals surface area contributed by atoms with Gasteiger partial charge in [-0.3, -0.25) is 9.59 Å². The Balaban J connectivity index is 2.05. The molecule has 19 heavy (non-hydrogen) atoms. The summed E-state index contributed by atoms with van der Waals surface area (Å²) in [5.74, 6) is -0.772. The van der Waals surface area contributed by atoms with Crippen molar-refractivity contribution < 1.29 is 9.90 Å². The Bertz CT molecular complexity index is 634. The van der Waals surface area contributed by atoms with Crippen molar-refractivity contribution in [2.45, 2.75) is 32.2 Å². The third kappa shape index (κ3) is 3.40. The summed E-state index contributed by atoms with van der Waals surface area (Å²) in [6.45, 7) is 0.599. The largest absolute Gasteiger partial charge is 0.481 e. The Morgan fingerprint density at radius 3 is 2.79 bits per heavy atom. The van der Waals surface area contributed by atoms with E-state index in [2.05, 4.69) is 4.98 Å². The van der Waals surface area contributed by atoms with E-state index in [0.717, 1.165) is 23.9 Å². The van der Waals surface area contributed by atoms with Crippen LogP contribution in [0, 0.1) is 0 Å². The second kappa shape index (κ2) is 6.13. The number of unbranched alkanes of at least 4 members (excludes halogenated alkanes) is 2. The highest BCUT2D eigenvalue weighted by molar-refractivity contribution is 5.74. The van der Waals surface area contributed by atoms with E-state index in [-0.39, 0.29) is 12.0 Å². The lowest BCUT2D eigenvalue weighted by molar-refractivity contribution is -0.137. The summed E-state index contributed by atoms with van der Waals surface area (Å²) in [4.78, 5) is 26.3. The maximum absolute atomic E-state index is 11.8. The van der Waals surface area contributed by atoms with Gasteiger partial charge in [0.2, 0.25) is 0 Å². The van der Waals surface area contributed by atoms with E-state index in [4.69, 9.17) is 5.11 Å². The highest BCUT2D eigenvalue weighted by Crippen LogP contribution is 2.10. The molecule has 0 aliphatic rings. The molecule has 0 saturated carbocycles. The number of benzene rings is 1. The molecule has 1 aromatic carbocycles. The van der Waals surface area contributed by atoms with Crippen molar-refractivity contribution in [2.24, 2.45) is 0 Å². The number of carboxylic acid groups (broad SMARTS) is 1. The summed E-state index contributed by atoms with van der Waals surface area (Å²) in [5, 5.41) is 8.55. The zero-order valence-corrected chi connectivity index (χ0v) is 10.6. The van der Waals surface area contributed by atoms with Gasteiger partial charge in [0.15, 0.2) is 0 Å². The summed E-state index contributed by atoms with van der Waals surface area (Å²) >= 11 is 0. The van der Waals surface area contributed by atoms with E-state index >= 15 is 0 Å². The van der Waals surface area contributed by atoms with Gasteiger partial charge in [0.1, 0.15) is 0 Å². The number of fused-ring (bicyclic) bond motifs is 1. The van der Waals surface area contributed by atoms with E-state index < -0.39 is 5.97 Å². The van der Waals surface area contributed by atoms with Crippen LogP contribution in [0.2, 0.25) is 0 Å². The van der Waals surface area contributed by atoms with Crippen LogP contribution in [0.25, 0.3) is 11.0 Å². The lowest BCUT2D eigenvalue weighted by Crippen LogP contribution is -2.20. The smallest absolute Gasteiger partial charge is 0.303 e. The van der Waals surface area contributed by atoms with Crippen molar-refractivity contribution in [1.29, 1.82) is 0 Å². The summed E-state index contributed by atoms with van der Waals surface area (Å²) < 4.78 is 1.70. The fourth-order valence-electron chi connectivity index (χ4n) is 2.07. The van der Waals surface area contributed by atoms with Gasteiger partial charge in [-0.25, -0.2) is 4.98 Å². The fourth-order valence-corrected chi connectivity index (χ4v) is 2.07. The molecule has 5 nitrogen and oxygen atoms in total. The molecule has 5 heteroatoms. The van der Waals surface area contributed by atoms with Crippen LogP contribution in [-0.2, 0) is 11.3 Å². The first-order chi connectivity index (χ1) is 9.18. The first-order valence-corrected chi connectivity index (χ1v) is 6.35. The maximum atomic E-state index is 11.8. The van der Waals surface area contributed by atoms with Gasteiger partial charge in [-0.1, -0.05) is 18.6 Å². The van der Waals surface area contributed by atoms with Crippen molar-refractivity contribution in [3.63, 3.8) is 0 Å². The van der Waals surface area contributed by atoms with Crippen molar-refractivity contribution in [1.82, 2.24) is 9.55 Å². The van der Waals surface area contributed by atoms with E-state index in [1.165, 1.54) is 6.20 Å². The van der Waals surface area contributed by atoms with Crippen molar-refractivity contribution >= 4 is 17.0 Å². The molecule has 1 aromatic heterocycles. The topological polar surface area (TPSA) is 72.2 Å². The minimum Gasteiger partial charge on any atom is -0.481 e. The molecule has 2 rings (SSSR count). The fraction of sp³-hybridized carbons (Fsp3) is 0.357. The number of para-hydroxylation sites is 2. The van der Waals surface area contributed by atoms with Gasteiger partial charge in [0.25, 0.3) is 5.56 Å². The Hall–Kier alpha value is -2.17. The molecular formula is C14H16N2O3. The molecule has 0 unspecified atom stereocenters. The standard InChI is InChI=1S/C14H16N2O3/c17-13-10-15-11-6-3-4-7-12(11)16(13)9-5-1-2-8-14(18)19/h3-4,6-7,10H,1-2,5,8-9H2,(H,18,19). The zero-order valence-electron chi connectivity index (χ0n) is 10.6. The molecular weight excluding hydrogens is 244 g/mol. The van der Waals surface area contributed by atoms with Crippen LogP contribution in [0.1, 0.15) is 25.7 Å². The number of hydrogen-bond donors (Lipinski definition) is 1. The summed E-state index contributed by atoms with van der Waals surface area (Å²) in [5.41, 5.74) is 1.51. The van der Waals surface area contributed by atoms with Gasteiger partial charge >= 0.3 is 5.97 Å². The lowest BCUT2D eigenvalue weighted by atomic mass is 10.2. The van der Waals surface area contributed by atoms with Gasteiger partial charge in [-0.05, 0) is 25.0 Å². The third-order valence-corrected chi connectivity index (χ3v) is 3.02. The van der Waals surface area contributed by atoms with Gasteiger partial charge in [-0.15, -0.1) is 0 Å². The van der Waals surface area contributed by atoms with Crippen LogP contribution >= 0.6 is 0 Å². The summed E-state index contributed by atoms with van der Waals surface area (Å²) in [7, 11) is 0. The number of hydrogen-bond acceptors (Lipinski definition) is 3. The number of carboxylic acids is 1. The second-order valence-electron chi connectivity index (χ2n) is 4.44. The zero-order chi connectivity index (χ0) is 13.7. The monoisotopic (exact) mass is 260 g/mol. The number of aromatic nitrogens is 2. The Morgan fingerprint density at radius 2 is 2.00 bits per heavy atom. The molecule has 0 fully saturated rings. The predicted molar refractivity (Wildman–Crippen MR) is 72.1 cm³/mol. The maximum Gasteiger partial charge on any atom is 0.303 e. The molecule has 2 aromatic rings. The molecule has 1 heterocycles. The van der Waals surface area contributed by atoms with Crippen LogP contribution in [0.4, 0.5) is 0 Å². The summed E-state index contributed by atoms with van der Waals surface area (Å²) in [6, 6.07) is 7.51. The van der Waals surface area contributed by atoms with Gasteiger partial charge < -0.3 is 9.67 Å². The van der Waals surface area contributed by atoms with Gasteiger partial charge in [0.05, 0.1) is 17.2 Å². The number of nitrogens with zero attached hydrogens (tertiary/aromatic N) is 2. The van der Waals surface area contributed by atoms with Crippen molar-refractivity contribution in [3.8, 4) is 0 Å². The number of aliphatic carboxylic acids is 1. The van der Waals surface area contributed by atoms with E-state index in [1.54, 1.807) is 4.57 Å². The SMILES string of the molecule is O=C(O)CCCCCn1c(=O)cnc2ccccc21. The highest BCUT2D eigenvalue weighted by atomic mass is 16.4. The van der Waals surface area contributed by atoms with Gasteiger partial charge in [-0.2, -0.15) is 0 Å². The Labute approximate surface area is 110 Å². The minimum absolute atomic E-state index is 0.114. The minimum atomic E-state index is -0.772. The quantitative estimate of drug-likeness (QED) is 0.807. The van der Waals surface area contributed by atoms with E-state index in [9.17, 15) is 9.59 Å². The first kappa shape index (κ1) is 13.3. The van der Waals surface area contributed by atoms with E-state index in [0.29, 0.717) is 13.0 Å². The van der Waals surface area contributed by atoms with Crippen LogP contribution < -0.4 is 5.56 Å². The predicted octanol–water partition coefficient (Wildman–Crippen LogP) is 2.04. The molecule has 1 N–H and O–H groups in total. The normalized spacial score (nSPS) is 10.7. The molecule has 0 saturated heterocycles. The third-order valence-electron chi connectivity index (χ3n) is 3.02. The number of aryl methyl sites for hydroxylation is 1. The average Bonchev–Trinajstić information content (AvgIpc) is 2.40. The van der Waals surface area contributed by atoms with Crippen molar-refractivity contribution in [3.05, 3.63) is 40.8 Å². The summed E-state index contributed by atoms with van der Waals surface area (Å²) in [6.07, 6.45) is 3.76. The van der Waals surface area contributed by atoms with Crippen LogP contribution in [-0.4, -0.2) is 20.6 Å². The lowest BCUT2D eigenvalue weighted by Gasteiger charge is -2.08. The Kier molecular flexibility index (Phi) is 4.28. The molecule has 0 spiro atoms. The Morgan fingerprint density at radius 1 is 1.21 bits per heavy atom. The molecule has 0 amide bonds. The molecule has 0 aliphatic heterocycles. The highest BCUT2D eigenvalue weighted by Gasteiger charge is 2.03. The second-order valence-corrected chi connectivity index (χ2v) is 4.44. The number of rotatable bonds is 6. The number of carbonyl (C=O) groups is 1. The molecule has 100 valence electrons. The molecule has 0 radical (unpaired) electrons. The van der Waals surface area contributed by atoms with E-state index in [1.807, 2.05) is 24.3 Å². The van der Waals surface area contributed by atoms with Crippen LogP contribution in [0.5, 0.6) is 0 Å². The first-order valence-electron chi connectivity index (χ1n) is 6.35. The molecule has 0 aliphatic carbocycles. The van der Waals surface area contributed by atoms with Crippen LogP contribution in [0.3, 0.4) is 0 Å². The van der Waals surface area contributed by atoms with Gasteiger partial charge in [0, 0.05) is 13.0 Å². The van der Waals surface area contributed by atoms with Crippen molar-refractivity contribution in [2.75, 3.05) is 0 Å². The molecule has 0 atom stereocenters. The molecule has 0 bridgehead atoms. The van der Waals surface area contributed by atoms with Crippen LogP contribution in [0.15, 0.2) is 35.3 Å².